The number of hydrogen-bond acceptors (Lipinski definition) is 4. The molecule has 1 unspecified atom stereocenters. The van der Waals surface area contributed by atoms with Crippen LogP contribution in [-0.4, -0.2) is 46.0 Å². The molecule has 0 spiro atoms. The predicted octanol–water partition coefficient (Wildman–Crippen LogP) is 2.35. The van der Waals surface area contributed by atoms with Crippen molar-refractivity contribution in [3.63, 3.8) is 0 Å². The van der Waals surface area contributed by atoms with Crippen LogP contribution in [0.4, 0.5) is 4.79 Å². The summed E-state index contributed by atoms with van der Waals surface area (Å²) in [5, 5.41) is 7.70. The van der Waals surface area contributed by atoms with E-state index in [1.165, 1.54) is 0 Å². The molecule has 1 N–H and O–H groups in total. The van der Waals surface area contributed by atoms with E-state index in [0.29, 0.717) is 12.6 Å². The Morgan fingerprint density at radius 3 is 2.76 bits per heavy atom. The number of hydrogen-bond donors (Lipinski definition) is 1. The van der Waals surface area contributed by atoms with Crippen LogP contribution in [0.1, 0.15) is 52.3 Å². The van der Waals surface area contributed by atoms with Crippen LogP contribution < -0.4 is 5.32 Å². The van der Waals surface area contributed by atoms with Gasteiger partial charge in [0.15, 0.2) is 0 Å². The van der Waals surface area contributed by atoms with E-state index in [2.05, 4.69) is 24.3 Å². The molecular weight excluding hydrogens is 268 g/mol. The number of amides is 1. The molecule has 2 heterocycles. The Kier molecular flexibility index (Phi) is 4.56. The highest BCUT2D eigenvalue weighted by Crippen LogP contribution is 2.24. The number of carbonyl (C=O) groups is 1. The fourth-order valence-electron chi connectivity index (χ4n) is 2.35. The smallest absolute Gasteiger partial charge is 0.410 e. The van der Waals surface area contributed by atoms with Crippen LogP contribution in [0.2, 0.25) is 0 Å². The first-order valence-electron chi connectivity index (χ1n) is 7.52. The van der Waals surface area contributed by atoms with Gasteiger partial charge in [-0.25, -0.2) is 4.79 Å². The van der Waals surface area contributed by atoms with Crippen LogP contribution >= 0.6 is 0 Å². The number of carbonyl (C=O) groups excluding carboxylic acids is 1. The van der Waals surface area contributed by atoms with Gasteiger partial charge < -0.3 is 10.1 Å². The van der Waals surface area contributed by atoms with E-state index in [-0.39, 0.29) is 12.1 Å². The van der Waals surface area contributed by atoms with E-state index >= 15 is 0 Å². The summed E-state index contributed by atoms with van der Waals surface area (Å²) in [7, 11) is 0. The summed E-state index contributed by atoms with van der Waals surface area (Å²) in [6, 6.07) is 0.284. The minimum Gasteiger partial charge on any atom is -0.444 e. The first-order chi connectivity index (χ1) is 9.78. The number of piperazine rings is 1. The number of rotatable bonds is 2. The summed E-state index contributed by atoms with van der Waals surface area (Å²) in [4.78, 5) is 14.2. The van der Waals surface area contributed by atoms with Crippen molar-refractivity contribution in [2.75, 3.05) is 19.6 Å². The zero-order valence-electron chi connectivity index (χ0n) is 13.6. The lowest BCUT2D eigenvalue weighted by Crippen LogP contribution is -2.50. The molecule has 2 rings (SSSR count). The monoisotopic (exact) mass is 294 g/mol. The van der Waals surface area contributed by atoms with Gasteiger partial charge in [-0.2, -0.15) is 5.10 Å². The van der Waals surface area contributed by atoms with Crippen molar-refractivity contribution in [2.24, 2.45) is 0 Å². The molecule has 1 amide bonds. The molecule has 0 radical (unpaired) electrons. The van der Waals surface area contributed by atoms with Crippen LogP contribution in [0.5, 0.6) is 0 Å². The maximum atomic E-state index is 12.4. The van der Waals surface area contributed by atoms with Crippen LogP contribution in [0.15, 0.2) is 12.4 Å². The molecule has 1 saturated heterocycles. The molecular formula is C15H26N4O2. The van der Waals surface area contributed by atoms with E-state index in [4.69, 9.17) is 4.74 Å². The highest BCUT2D eigenvalue weighted by Gasteiger charge is 2.32. The number of nitrogens with one attached hydrogen (secondary N) is 1. The van der Waals surface area contributed by atoms with Crippen molar-refractivity contribution in [1.29, 1.82) is 0 Å². The van der Waals surface area contributed by atoms with Crippen molar-refractivity contribution in [3.8, 4) is 0 Å². The molecule has 0 aliphatic carbocycles. The SMILES string of the molecule is CC(C)n1cc(C2CNCCN2C(=O)OC(C)(C)C)cn1. The van der Waals surface area contributed by atoms with Crippen molar-refractivity contribution in [3.05, 3.63) is 18.0 Å². The molecule has 6 nitrogen and oxygen atoms in total. The summed E-state index contributed by atoms with van der Waals surface area (Å²) in [5.74, 6) is 0. The zero-order chi connectivity index (χ0) is 15.6. The van der Waals surface area contributed by atoms with Crippen LogP contribution in [0, 0.1) is 0 Å². The maximum absolute atomic E-state index is 12.4. The van der Waals surface area contributed by atoms with Gasteiger partial charge in [0.1, 0.15) is 5.60 Å². The molecule has 21 heavy (non-hydrogen) atoms. The van der Waals surface area contributed by atoms with Crippen molar-refractivity contribution in [2.45, 2.75) is 52.3 Å². The van der Waals surface area contributed by atoms with Crippen molar-refractivity contribution < 1.29 is 9.53 Å². The van der Waals surface area contributed by atoms with Crippen LogP contribution in [-0.2, 0) is 4.74 Å². The molecule has 0 bridgehead atoms. The van der Waals surface area contributed by atoms with E-state index < -0.39 is 5.60 Å². The number of nitrogens with zero attached hydrogens (tertiary/aromatic N) is 3. The second kappa shape index (κ2) is 6.05. The summed E-state index contributed by atoms with van der Waals surface area (Å²) in [6.07, 6.45) is 3.60. The topological polar surface area (TPSA) is 59.4 Å². The average molecular weight is 294 g/mol. The molecule has 6 heteroatoms. The molecule has 1 aromatic rings. The fraction of sp³-hybridized carbons (Fsp3) is 0.733. The molecule has 0 saturated carbocycles. The van der Waals surface area contributed by atoms with Crippen molar-refractivity contribution in [1.82, 2.24) is 20.0 Å². The molecule has 1 aliphatic rings. The third-order valence-electron chi connectivity index (χ3n) is 3.41. The van der Waals surface area contributed by atoms with E-state index in [1.54, 1.807) is 4.90 Å². The highest BCUT2D eigenvalue weighted by molar-refractivity contribution is 5.69. The van der Waals surface area contributed by atoms with Gasteiger partial charge in [-0.3, -0.25) is 9.58 Å². The van der Waals surface area contributed by atoms with Gasteiger partial charge in [-0.15, -0.1) is 0 Å². The molecule has 1 aromatic heterocycles. The predicted molar refractivity (Wildman–Crippen MR) is 81.2 cm³/mol. The second-order valence-corrected chi connectivity index (χ2v) is 6.74. The molecule has 0 aromatic carbocycles. The fourth-order valence-corrected chi connectivity index (χ4v) is 2.35. The van der Waals surface area contributed by atoms with Gasteiger partial charge in [0, 0.05) is 37.4 Å². The van der Waals surface area contributed by atoms with Gasteiger partial charge >= 0.3 is 6.09 Å². The van der Waals surface area contributed by atoms with Crippen LogP contribution in [0.25, 0.3) is 0 Å². The average Bonchev–Trinajstić information content (AvgIpc) is 2.86. The Balaban J connectivity index is 2.16. The zero-order valence-corrected chi connectivity index (χ0v) is 13.6. The molecule has 1 fully saturated rings. The minimum atomic E-state index is -0.478. The quantitative estimate of drug-likeness (QED) is 0.909. The number of aromatic nitrogens is 2. The van der Waals surface area contributed by atoms with Gasteiger partial charge in [0.05, 0.1) is 12.2 Å². The van der Waals surface area contributed by atoms with Gasteiger partial charge in [-0.05, 0) is 34.6 Å². The van der Waals surface area contributed by atoms with Crippen LogP contribution in [0.3, 0.4) is 0 Å². The van der Waals surface area contributed by atoms with E-state index in [1.807, 2.05) is 37.8 Å². The Morgan fingerprint density at radius 1 is 1.48 bits per heavy atom. The highest BCUT2D eigenvalue weighted by atomic mass is 16.6. The first kappa shape index (κ1) is 15.8. The Bertz CT molecular complexity index is 490. The second-order valence-electron chi connectivity index (χ2n) is 6.74. The molecule has 1 atom stereocenters. The largest absolute Gasteiger partial charge is 0.444 e. The molecule has 1 aliphatic heterocycles. The molecule has 118 valence electrons. The normalized spacial score (nSPS) is 19.9. The van der Waals surface area contributed by atoms with Gasteiger partial charge in [0.25, 0.3) is 0 Å². The summed E-state index contributed by atoms with van der Waals surface area (Å²) >= 11 is 0. The van der Waals surface area contributed by atoms with E-state index in [9.17, 15) is 4.79 Å². The third-order valence-corrected chi connectivity index (χ3v) is 3.41. The third kappa shape index (κ3) is 3.97. The van der Waals surface area contributed by atoms with E-state index in [0.717, 1.165) is 18.7 Å². The Morgan fingerprint density at radius 2 is 2.19 bits per heavy atom. The number of ether oxygens (including phenoxy) is 1. The van der Waals surface area contributed by atoms with Gasteiger partial charge in [0.2, 0.25) is 0 Å². The standard InChI is InChI=1S/C15H26N4O2/c1-11(2)19-10-12(8-17-19)13-9-16-6-7-18(13)14(20)21-15(3,4)5/h8,10-11,13,16H,6-7,9H2,1-5H3. The maximum Gasteiger partial charge on any atom is 0.410 e. The van der Waals surface area contributed by atoms with Crippen molar-refractivity contribution >= 4 is 6.09 Å². The summed E-state index contributed by atoms with van der Waals surface area (Å²) < 4.78 is 7.43. The minimum absolute atomic E-state index is 0.0268. The lowest BCUT2D eigenvalue weighted by molar-refractivity contribution is 0.0118. The lowest BCUT2D eigenvalue weighted by atomic mass is 10.1. The summed E-state index contributed by atoms with van der Waals surface area (Å²) in [5.41, 5.74) is 0.566. The Labute approximate surface area is 126 Å². The first-order valence-corrected chi connectivity index (χ1v) is 7.52. The Hall–Kier alpha value is -1.56. The van der Waals surface area contributed by atoms with Gasteiger partial charge in [-0.1, -0.05) is 0 Å². The summed E-state index contributed by atoms with van der Waals surface area (Å²) in [6.45, 7) is 12.0. The lowest BCUT2D eigenvalue weighted by Gasteiger charge is -2.36.